The van der Waals surface area contributed by atoms with Crippen molar-refractivity contribution in [3.05, 3.63) is 65.7 Å². The molecule has 0 atom stereocenters. The second kappa shape index (κ2) is 7.34. The summed E-state index contributed by atoms with van der Waals surface area (Å²) in [4.78, 5) is 4.23. The lowest BCUT2D eigenvalue weighted by molar-refractivity contribution is 0.369. The first-order chi connectivity index (χ1) is 9.79. The number of para-hydroxylation sites is 1. The van der Waals surface area contributed by atoms with E-state index in [0.717, 1.165) is 23.7 Å². The Bertz CT molecular complexity index is 564. The first-order valence-electron chi connectivity index (χ1n) is 6.71. The number of nitrogens with one attached hydrogen (secondary N) is 1. The van der Waals surface area contributed by atoms with Gasteiger partial charge in [0.1, 0.15) is 18.2 Å². The van der Waals surface area contributed by atoms with E-state index in [0.29, 0.717) is 6.61 Å². The Morgan fingerprint density at radius 2 is 1.75 bits per heavy atom. The van der Waals surface area contributed by atoms with Gasteiger partial charge >= 0.3 is 0 Å². The predicted octanol–water partition coefficient (Wildman–Crippen LogP) is 3.19. The topological polar surface area (TPSA) is 33.6 Å². The van der Waals surface area contributed by atoms with Crippen LogP contribution >= 0.6 is 0 Å². The average Bonchev–Trinajstić information content (AvgIpc) is 2.50. The number of rotatable bonds is 5. The van der Waals surface area contributed by atoms with E-state index in [1.165, 1.54) is 5.56 Å². The summed E-state index contributed by atoms with van der Waals surface area (Å²) in [5.74, 6) is 1.74. The molecular formula is C17H20N2O. The minimum absolute atomic E-state index is 0.453. The molecule has 0 aliphatic carbocycles. The Kier molecular flexibility index (Phi) is 5.18. The first kappa shape index (κ1) is 14.1. The van der Waals surface area contributed by atoms with Crippen molar-refractivity contribution in [2.24, 2.45) is 4.99 Å². The zero-order valence-electron chi connectivity index (χ0n) is 12.0. The van der Waals surface area contributed by atoms with Crippen LogP contribution in [0.1, 0.15) is 11.1 Å². The van der Waals surface area contributed by atoms with Crippen LogP contribution in [-0.4, -0.2) is 19.5 Å². The molecule has 3 nitrogen and oxygen atoms in total. The Labute approximate surface area is 120 Å². The Balaban J connectivity index is 1.86. The van der Waals surface area contributed by atoms with Gasteiger partial charge in [0.2, 0.25) is 0 Å². The van der Waals surface area contributed by atoms with Gasteiger partial charge in [-0.1, -0.05) is 48.5 Å². The quantitative estimate of drug-likeness (QED) is 0.667. The van der Waals surface area contributed by atoms with Gasteiger partial charge in [-0.15, -0.1) is 0 Å². The normalized spacial score (nSPS) is 11.2. The summed E-state index contributed by atoms with van der Waals surface area (Å²) in [7, 11) is 1.77. The van der Waals surface area contributed by atoms with Crippen molar-refractivity contribution in [1.29, 1.82) is 0 Å². The molecule has 0 saturated heterocycles. The number of nitrogens with zero attached hydrogens (tertiary/aromatic N) is 1. The fraction of sp³-hybridized carbons (Fsp3) is 0.235. The number of ether oxygens (including phenoxy) is 1. The molecule has 0 aliphatic rings. The number of hydrogen-bond donors (Lipinski definition) is 1. The fourth-order valence-electron chi connectivity index (χ4n) is 1.86. The maximum atomic E-state index is 5.78. The zero-order chi connectivity index (χ0) is 14.2. The van der Waals surface area contributed by atoms with Crippen molar-refractivity contribution in [2.75, 3.05) is 13.7 Å². The third kappa shape index (κ3) is 4.12. The van der Waals surface area contributed by atoms with Crippen LogP contribution in [0, 0.1) is 6.92 Å². The molecule has 0 saturated carbocycles. The van der Waals surface area contributed by atoms with Gasteiger partial charge in [-0.2, -0.15) is 0 Å². The molecule has 0 fully saturated rings. The number of aliphatic imine (C=N–C) groups is 1. The molecular weight excluding hydrogens is 248 g/mol. The Hall–Kier alpha value is -2.29. The minimum atomic E-state index is 0.453. The highest BCUT2D eigenvalue weighted by molar-refractivity contribution is 5.83. The summed E-state index contributed by atoms with van der Waals surface area (Å²) in [6.07, 6.45) is 0. The van der Waals surface area contributed by atoms with Crippen LogP contribution in [0.2, 0.25) is 0 Å². The number of aryl methyl sites for hydroxylation is 1. The molecule has 104 valence electrons. The molecule has 0 spiro atoms. The van der Waals surface area contributed by atoms with Crippen molar-refractivity contribution in [3.63, 3.8) is 0 Å². The summed E-state index contributed by atoms with van der Waals surface area (Å²) in [6, 6.07) is 18.2. The summed E-state index contributed by atoms with van der Waals surface area (Å²) >= 11 is 0. The molecule has 0 bridgehead atoms. The fourth-order valence-corrected chi connectivity index (χ4v) is 1.86. The number of benzene rings is 2. The van der Waals surface area contributed by atoms with Crippen LogP contribution in [0.25, 0.3) is 0 Å². The number of amidine groups is 1. The highest BCUT2D eigenvalue weighted by Gasteiger charge is 2.02. The molecule has 20 heavy (non-hydrogen) atoms. The SMILES string of the molecule is CN=C(COc1ccccc1C)NCc1ccccc1. The lowest BCUT2D eigenvalue weighted by Gasteiger charge is -2.12. The van der Waals surface area contributed by atoms with E-state index >= 15 is 0 Å². The summed E-state index contributed by atoms with van der Waals surface area (Å²) in [5, 5.41) is 3.30. The molecule has 2 aromatic rings. The molecule has 0 amide bonds. The molecule has 1 N–H and O–H groups in total. The summed E-state index contributed by atoms with van der Waals surface area (Å²) < 4.78 is 5.78. The van der Waals surface area contributed by atoms with E-state index in [1.807, 2.05) is 49.4 Å². The van der Waals surface area contributed by atoms with Gasteiger partial charge in [0.05, 0.1) is 0 Å². The summed E-state index contributed by atoms with van der Waals surface area (Å²) in [6.45, 7) is 3.24. The van der Waals surface area contributed by atoms with Gasteiger partial charge in [-0.25, -0.2) is 0 Å². The van der Waals surface area contributed by atoms with Crippen LogP contribution in [0.4, 0.5) is 0 Å². The van der Waals surface area contributed by atoms with Gasteiger partial charge in [0.15, 0.2) is 0 Å². The van der Waals surface area contributed by atoms with E-state index in [4.69, 9.17) is 4.74 Å². The van der Waals surface area contributed by atoms with Gasteiger partial charge in [0.25, 0.3) is 0 Å². The highest BCUT2D eigenvalue weighted by Crippen LogP contribution is 2.15. The van der Waals surface area contributed by atoms with Crippen LogP contribution in [0.5, 0.6) is 5.75 Å². The maximum absolute atomic E-state index is 5.78. The Morgan fingerprint density at radius 3 is 2.45 bits per heavy atom. The minimum Gasteiger partial charge on any atom is -0.485 e. The largest absolute Gasteiger partial charge is 0.485 e. The lowest BCUT2D eigenvalue weighted by atomic mass is 10.2. The second-order valence-corrected chi connectivity index (χ2v) is 4.56. The van der Waals surface area contributed by atoms with E-state index in [2.05, 4.69) is 22.4 Å². The van der Waals surface area contributed by atoms with Gasteiger partial charge in [0, 0.05) is 13.6 Å². The zero-order valence-corrected chi connectivity index (χ0v) is 12.0. The third-order valence-electron chi connectivity index (χ3n) is 3.07. The molecule has 2 aromatic carbocycles. The van der Waals surface area contributed by atoms with Crippen LogP contribution in [0.3, 0.4) is 0 Å². The average molecular weight is 268 g/mol. The molecule has 0 heterocycles. The van der Waals surface area contributed by atoms with E-state index in [9.17, 15) is 0 Å². The molecule has 0 aliphatic heterocycles. The van der Waals surface area contributed by atoms with Crippen molar-refractivity contribution in [2.45, 2.75) is 13.5 Å². The van der Waals surface area contributed by atoms with Crippen LogP contribution in [0.15, 0.2) is 59.6 Å². The van der Waals surface area contributed by atoms with Crippen molar-refractivity contribution >= 4 is 5.84 Å². The van der Waals surface area contributed by atoms with Gasteiger partial charge < -0.3 is 10.1 Å². The standard InChI is InChI=1S/C17H20N2O/c1-14-8-6-7-11-16(14)20-13-17(18-2)19-12-15-9-4-3-5-10-15/h3-11H,12-13H2,1-2H3,(H,18,19). The highest BCUT2D eigenvalue weighted by atomic mass is 16.5. The lowest BCUT2D eigenvalue weighted by Crippen LogP contribution is -2.28. The molecule has 0 unspecified atom stereocenters. The third-order valence-corrected chi connectivity index (χ3v) is 3.07. The second-order valence-electron chi connectivity index (χ2n) is 4.56. The molecule has 0 aromatic heterocycles. The van der Waals surface area contributed by atoms with Crippen LogP contribution < -0.4 is 10.1 Å². The molecule has 0 radical (unpaired) electrons. The molecule has 3 heteroatoms. The maximum Gasteiger partial charge on any atom is 0.145 e. The van der Waals surface area contributed by atoms with E-state index < -0.39 is 0 Å². The van der Waals surface area contributed by atoms with Gasteiger partial charge in [-0.3, -0.25) is 4.99 Å². The van der Waals surface area contributed by atoms with Crippen molar-refractivity contribution in [1.82, 2.24) is 5.32 Å². The predicted molar refractivity (Wildman–Crippen MR) is 83.3 cm³/mol. The molecule has 2 rings (SSSR count). The number of hydrogen-bond acceptors (Lipinski definition) is 2. The van der Waals surface area contributed by atoms with Crippen LogP contribution in [-0.2, 0) is 6.54 Å². The smallest absolute Gasteiger partial charge is 0.145 e. The van der Waals surface area contributed by atoms with Crippen molar-refractivity contribution < 1.29 is 4.74 Å². The van der Waals surface area contributed by atoms with Gasteiger partial charge in [-0.05, 0) is 24.1 Å². The Morgan fingerprint density at radius 1 is 1.05 bits per heavy atom. The van der Waals surface area contributed by atoms with E-state index in [-0.39, 0.29) is 0 Å². The van der Waals surface area contributed by atoms with E-state index in [1.54, 1.807) is 7.05 Å². The summed E-state index contributed by atoms with van der Waals surface area (Å²) in [5.41, 5.74) is 2.36. The first-order valence-corrected chi connectivity index (χ1v) is 6.71. The van der Waals surface area contributed by atoms with Crippen molar-refractivity contribution in [3.8, 4) is 5.75 Å². The monoisotopic (exact) mass is 268 g/mol.